The monoisotopic (exact) mass is 350 g/mol. The van der Waals surface area contributed by atoms with Crippen LogP contribution >= 0.6 is 0 Å². The average molecular weight is 350 g/mol. The van der Waals surface area contributed by atoms with Crippen molar-refractivity contribution in [2.75, 3.05) is 13.1 Å². The fourth-order valence-electron chi connectivity index (χ4n) is 1.86. The molecule has 0 aromatic carbocycles. The van der Waals surface area contributed by atoms with E-state index in [4.69, 9.17) is 20.7 Å². The zero-order chi connectivity index (χ0) is 18.8. The molecule has 2 aromatic heterocycles. The maximum Gasteiger partial charge on any atom is 0.262 e. The van der Waals surface area contributed by atoms with Crippen LogP contribution in [0, 0.1) is 17.9 Å². The van der Waals surface area contributed by atoms with E-state index in [1.165, 1.54) is 24.7 Å². The number of amides is 2. The van der Waals surface area contributed by atoms with Crippen LogP contribution in [0.1, 0.15) is 11.5 Å². The lowest BCUT2D eigenvalue weighted by atomic mass is 10.2. The highest BCUT2D eigenvalue weighted by molar-refractivity contribution is 6.01. The van der Waals surface area contributed by atoms with Crippen molar-refractivity contribution in [2.45, 2.75) is 0 Å². The van der Waals surface area contributed by atoms with Crippen LogP contribution in [0.15, 0.2) is 56.9 Å². The van der Waals surface area contributed by atoms with Gasteiger partial charge in [0.2, 0.25) is 5.91 Å². The number of carbonyl (C=O) groups is 2. The Kier molecular flexibility index (Phi) is 6.55. The molecule has 8 heteroatoms. The number of nitrogens with zero attached hydrogens (tertiary/aromatic N) is 2. The van der Waals surface area contributed by atoms with Gasteiger partial charge in [-0.05, 0) is 30.3 Å². The fraction of sp³-hybridized carbons (Fsp3) is 0.111. The largest absolute Gasteiger partial charge is 0.466 e. The van der Waals surface area contributed by atoms with Crippen molar-refractivity contribution in [1.82, 2.24) is 10.6 Å². The Morgan fingerprint density at radius 2 is 1.65 bits per heavy atom. The molecule has 0 bridgehead atoms. The molecule has 8 nitrogen and oxygen atoms in total. The normalized spacial score (nSPS) is 11.3. The van der Waals surface area contributed by atoms with E-state index in [0.29, 0.717) is 11.5 Å². The van der Waals surface area contributed by atoms with E-state index in [1.807, 2.05) is 0 Å². The summed E-state index contributed by atoms with van der Waals surface area (Å²) in [6, 6.07) is 8.30. The zero-order valence-corrected chi connectivity index (χ0v) is 13.6. The van der Waals surface area contributed by atoms with Crippen LogP contribution < -0.4 is 10.6 Å². The smallest absolute Gasteiger partial charge is 0.262 e. The van der Waals surface area contributed by atoms with Crippen molar-refractivity contribution in [2.24, 2.45) is 0 Å². The summed E-state index contributed by atoms with van der Waals surface area (Å²) in [4.78, 5) is 27.0. The highest BCUT2D eigenvalue weighted by Gasteiger charge is 2.12. The lowest BCUT2D eigenvalue weighted by Gasteiger charge is -2.06. The predicted molar refractivity (Wildman–Crippen MR) is 91.6 cm³/mol. The lowest BCUT2D eigenvalue weighted by Crippen LogP contribution is -2.35. The molecule has 2 N–H and O–H groups in total. The molecule has 0 saturated carbocycles. The van der Waals surface area contributed by atoms with Crippen LogP contribution in [0.25, 0.3) is 17.0 Å². The van der Waals surface area contributed by atoms with Crippen molar-refractivity contribution in [1.29, 1.82) is 5.26 Å². The van der Waals surface area contributed by atoms with Gasteiger partial charge >= 0.3 is 0 Å². The van der Waals surface area contributed by atoms with Crippen LogP contribution in [-0.4, -0.2) is 24.9 Å². The number of carbonyl (C=O) groups excluding carboxylic acids is 2. The molecule has 0 fully saturated rings. The second-order valence-electron chi connectivity index (χ2n) is 4.85. The summed E-state index contributed by atoms with van der Waals surface area (Å²) in [6.07, 6.45) is 5.50. The van der Waals surface area contributed by atoms with Gasteiger partial charge in [-0.25, -0.2) is 4.85 Å². The molecule has 26 heavy (non-hydrogen) atoms. The summed E-state index contributed by atoms with van der Waals surface area (Å²) in [7, 11) is 0. The topological polar surface area (TPSA) is 113 Å². The summed E-state index contributed by atoms with van der Waals surface area (Å²) in [5, 5.41) is 14.0. The van der Waals surface area contributed by atoms with Crippen molar-refractivity contribution < 1.29 is 18.4 Å². The number of nitriles is 1. The second-order valence-corrected chi connectivity index (χ2v) is 4.85. The van der Waals surface area contributed by atoms with E-state index in [-0.39, 0.29) is 24.4 Å². The standard InChI is InChI=1S/C18H14N4O4/c1-20-16(11-15-5-3-9-26-15)18(24)22-7-6-21-17(23)13(12-19)10-14-4-2-8-25-14/h2-5,8-11H,6-7H2,(H,21,23)(H,22,24)/b13-10+,16-11-. The van der Waals surface area contributed by atoms with Gasteiger partial charge in [0.15, 0.2) is 0 Å². The molecule has 0 spiro atoms. The average Bonchev–Trinajstić information content (AvgIpc) is 3.34. The molecular weight excluding hydrogens is 336 g/mol. The van der Waals surface area contributed by atoms with E-state index >= 15 is 0 Å². The van der Waals surface area contributed by atoms with Crippen molar-refractivity contribution in [3.05, 3.63) is 71.0 Å². The van der Waals surface area contributed by atoms with E-state index < -0.39 is 11.8 Å². The van der Waals surface area contributed by atoms with Gasteiger partial charge in [-0.1, -0.05) is 0 Å². The minimum absolute atomic E-state index is 0.0911. The molecular formula is C18H14N4O4. The quantitative estimate of drug-likeness (QED) is 0.343. The molecule has 0 unspecified atom stereocenters. The molecule has 2 aromatic rings. The first-order valence-electron chi connectivity index (χ1n) is 7.48. The Balaban J connectivity index is 1.82. The summed E-state index contributed by atoms with van der Waals surface area (Å²) in [5.41, 5.74) is -0.257. The Labute approximate surface area is 149 Å². The number of nitrogens with one attached hydrogen (secondary N) is 2. The maximum absolute atomic E-state index is 11.9. The summed E-state index contributed by atoms with van der Waals surface area (Å²) < 4.78 is 10.1. The fourth-order valence-corrected chi connectivity index (χ4v) is 1.86. The third kappa shape index (κ3) is 5.25. The molecule has 2 heterocycles. The van der Waals surface area contributed by atoms with Gasteiger partial charge in [-0.2, -0.15) is 5.26 Å². The Morgan fingerprint density at radius 1 is 1.08 bits per heavy atom. The summed E-state index contributed by atoms with van der Waals surface area (Å²) in [5.74, 6) is -0.400. The number of furan rings is 2. The van der Waals surface area contributed by atoms with Crippen molar-refractivity contribution >= 4 is 24.0 Å². The van der Waals surface area contributed by atoms with Gasteiger partial charge in [0.05, 0.1) is 19.1 Å². The SMILES string of the molecule is [C-]#[N+]/C(=C\c1ccco1)C(=O)NCCNC(=O)/C(C#N)=C/c1ccco1. The molecule has 0 aliphatic carbocycles. The Hall–Kier alpha value is -4.04. The van der Waals surface area contributed by atoms with Crippen LogP contribution in [0.5, 0.6) is 0 Å². The Morgan fingerprint density at radius 3 is 2.15 bits per heavy atom. The summed E-state index contributed by atoms with van der Waals surface area (Å²) >= 11 is 0. The first kappa shape index (κ1) is 18.3. The van der Waals surface area contributed by atoms with Gasteiger partial charge in [-0.3, -0.25) is 9.59 Å². The van der Waals surface area contributed by atoms with Gasteiger partial charge < -0.3 is 19.5 Å². The Bertz CT molecular complexity index is 818. The number of hydrogen-bond donors (Lipinski definition) is 2. The van der Waals surface area contributed by atoms with Gasteiger partial charge in [0.25, 0.3) is 11.6 Å². The molecule has 0 atom stereocenters. The third-order valence-electron chi connectivity index (χ3n) is 3.07. The van der Waals surface area contributed by atoms with Gasteiger partial charge in [0.1, 0.15) is 23.2 Å². The minimum atomic E-state index is -0.588. The van der Waals surface area contributed by atoms with Gasteiger partial charge in [-0.15, -0.1) is 0 Å². The minimum Gasteiger partial charge on any atom is -0.466 e. The highest BCUT2D eigenvalue weighted by atomic mass is 16.3. The zero-order valence-electron chi connectivity index (χ0n) is 13.6. The molecule has 0 saturated heterocycles. The van der Waals surface area contributed by atoms with E-state index in [9.17, 15) is 9.59 Å². The molecule has 2 amide bonds. The molecule has 2 rings (SSSR count). The maximum atomic E-state index is 11.9. The van der Waals surface area contributed by atoms with Crippen LogP contribution in [0.4, 0.5) is 0 Å². The number of rotatable bonds is 7. The summed E-state index contributed by atoms with van der Waals surface area (Å²) in [6.45, 7) is 7.23. The first-order valence-corrected chi connectivity index (χ1v) is 7.48. The van der Waals surface area contributed by atoms with Crippen LogP contribution in [0.2, 0.25) is 0 Å². The van der Waals surface area contributed by atoms with E-state index in [0.717, 1.165) is 0 Å². The second kappa shape index (κ2) is 9.30. The van der Waals surface area contributed by atoms with E-state index in [2.05, 4.69) is 15.5 Å². The molecule has 0 aliphatic rings. The molecule has 0 radical (unpaired) electrons. The van der Waals surface area contributed by atoms with Crippen LogP contribution in [0.3, 0.4) is 0 Å². The lowest BCUT2D eigenvalue weighted by molar-refractivity contribution is -0.118. The number of hydrogen-bond acceptors (Lipinski definition) is 5. The van der Waals surface area contributed by atoms with Crippen molar-refractivity contribution in [3.8, 4) is 6.07 Å². The third-order valence-corrected chi connectivity index (χ3v) is 3.07. The molecule has 130 valence electrons. The highest BCUT2D eigenvalue weighted by Crippen LogP contribution is 2.09. The van der Waals surface area contributed by atoms with Gasteiger partial charge in [0, 0.05) is 19.2 Å². The van der Waals surface area contributed by atoms with E-state index in [1.54, 1.807) is 30.3 Å². The van der Waals surface area contributed by atoms with Crippen LogP contribution in [-0.2, 0) is 9.59 Å². The predicted octanol–water partition coefficient (Wildman–Crippen LogP) is 1.97. The first-order chi connectivity index (χ1) is 12.6. The molecule has 0 aliphatic heterocycles. The van der Waals surface area contributed by atoms with Crippen molar-refractivity contribution in [3.63, 3.8) is 0 Å².